The molecule has 0 spiro atoms. The van der Waals surface area contributed by atoms with Crippen molar-refractivity contribution < 1.29 is 4.74 Å². The molecule has 1 atom stereocenters. The fourth-order valence-electron chi connectivity index (χ4n) is 2.68. The monoisotopic (exact) mass is 318 g/mol. The molecule has 0 fully saturated rings. The van der Waals surface area contributed by atoms with Gasteiger partial charge in [0, 0.05) is 25.0 Å². The van der Waals surface area contributed by atoms with Crippen LogP contribution in [0.1, 0.15) is 24.0 Å². The number of allylic oxidation sites excluding steroid dienone is 2. The molecule has 114 valence electrons. The van der Waals surface area contributed by atoms with Crippen LogP contribution in [-0.2, 0) is 14.1 Å². The molecule has 6 heteroatoms. The highest BCUT2D eigenvalue weighted by molar-refractivity contribution is 6.30. The molecule has 5 nitrogen and oxygen atoms in total. The molecule has 22 heavy (non-hydrogen) atoms. The van der Waals surface area contributed by atoms with E-state index in [2.05, 4.69) is 0 Å². The second kappa shape index (κ2) is 5.18. The van der Waals surface area contributed by atoms with Crippen molar-refractivity contribution in [2.24, 2.45) is 14.1 Å². The number of hydrogen-bond donors (Lipinski definition) is 0. The first kappa shape index (κ1) is 14.7. The Kier molecular flexibility index (Phi) is 3.45. The zero-order valence-corrected chi connectivity index (χ0v) is 13.2. The van der Waals surface area contributed by atoms with E-state index in [1.165, 1.54) is 11.6 Å². The third-order valence-electron chi connectivity index (χ3n) is 3.84. The molecule has 1 aromatic heterocycles. The Labute approximate surface area is 132 Å². The summed E-state index contributed by atoms with van der Waals surface area (Å²) in [6, 6.07) is 7.30. The lowest BCUT2D eigenvalue weighted by molar-refractivity contribution is 0.359. The molecule has 3 rings (SSSR count). The Balaban J connectivity index is 2.31. The van der Waals surface area contributed by atoms with Crippen molar-refractivity contribution in [2.45, 2.75) is 12.8 Å². The molecule has 0 saturated carbocycles. The first-order chi connectivity index (χ1) is 10.4. The molecule has 2 aromatic rings. The van der Waals surface area contributed by atoms with Crippen molar-refractivity contribution in [3.05, 3.63) is 73.1 Å². The number of aromatic nitrogens is 2. The van der Waals surface area contributed by atoms with Crippen LogP contribution >= 0.6 is 11.6 Å². The molecule has 1 aromatic carbocycles. The predicted octanol–water partition coefficient (Wildman–Crippen LogP) is 2.17. The van der Waals surface area contributed by atoms with Crippen molar-refractivity contribution in [2.75, 3.05) is 0 Å². The lowest BCUT2D eigenvalue weighted by Crippen LogP contribution is -2.41. The summed E-state index contributed by atoms with van der Waals surface area (Å²) in [4.78, 5) is 24.6. The van der Waals surface area contributed by atoms with Crippen molar-refractivity contribution in [3.63, 3.8) is 0 Å². The molecule has 0 N–H and O–H groups in total. The summed E-state index contributed by atoms with van der Waals surface area (Å²) >= 11 is 5.93. The van der Waals surface area contributed by atoms with E-state index in [1.54, 1.807) is 26.1 Å². The van der Waals surface area contributed by atoms with Gasteiger partial charge in [-0.25, -0.2) is 4.79 Å². The Morgan fingerprint density at radius 2 is 1.73 bits per heavy atom. The standard InChI is InChI=1S/C16H15ClN2O3/c1-9-8-12(10-4-6-11(17)7-5-10)13-14(20)18(2)16(21)19(3)15(13)22-9/h4-8,12H,1-3H3. The van der Waals surface area contributed by atoms with Gasteiger partial charge in [0.15, 0.2) is 0 Å². The topological polar surface area (TPSA) is 53.2 Å². The molecule has 0 radical (unpaired) electrons. The van der Waals surface area contributed by atoms with Gasteiger partial charge in [0.25, 0.3) is 5.56 Å². The van der Waals surface area contributed by atoms with Gasteiger partial charge < -0.3 is 4.74 Å². The van der Waals surface area contributed by atoms with Crippen molar-refractivity contribution in [1.82, 2.24) is 9.13 Å². The van der Waals surface area contributed by atoms with Gasteiger partial charge in [0.1, 0.15) is 0 Å². The van der Waals surface area contributed by atoms with Crippen molar-refractivity contribution >= 4 is 11.6 Å². The molecule has 1 unspecified atom stereocenters. The fourth-order valence-corrected chi connectivity index (χ4v) is 2.80. The van der Waals surface area contributed by atoms with Crippen LogP contribution in [0.25, 0.3) is 0 Å². The molecule has 0 aliphatic carbocycles. The van der Waals surface area contributed by atoms with Crippen LogP contribution in [0, 0.1) is 0 Å². The minimum absolute atomic E-state index is 0.272. The van der Waals surface area contributed by atoms with Crippen LogP contribution in [0.3, 0.4) is 0 Å². The number of hydrogen-bond acceptors (Lipinski definition) is 3. The average molecular weight is 319 g/mol. The summed E-state index contributed by atoms with van der Waals surface area (Å²) in [6.07, 6.45) is 1.87. The number of halogens is 1. The van der Waals surface area contributed by atoms with Crippen LogP contribution in [-0.4, -0.2) is 9.13 Å². The molecular formula is C16H15ClN2O3. The predicted molar refractivity (Wildman–Crippen MR) is 84.6 cm³/mol. The van der Waals surface area contributed by atoms with Crippen molar-refractivity contribution in [1.29, 1.82) is 0 Å². The SMILES string of the molecule is CC1=CC(c2ccc(Cl)cc2)c2c(n(C)c(=O)n(C)c2=O)O1. The minimum Gasteiger partial charge on any atom is -0.445 e. The number of nitrogens with zero attached hydrogens (tertiary/aromatic N) is 2. The second-order valence-electron chi connectivity index (χ2n) is 5.33. The van der Waals surface area contributed by atoms with E-state index in [0.29, 0.717) is 22.2 Å². The molecular weight excluding hydrogens is 304 g/mol. The van der Waals surface area contributed by atoms with Crippen LogP contribution in [0.5, 0.6) is 5.88 Å². The maximum absolute atomic E-state index is 12.6. The normalized spacial score (nSPS) is 16.7. The smallest absolute Gasteiger partial charge is 0.333 e. The highest BCUT2D eigenvalue weighted by Crippen LogP contribution is 2.35. The summed E-state index contributed by atoms with van der Waals surface area (Å²) in [5.41, 5.74) is 0.622. The van der Waals surface area contributed by atoms with Crippen LogP contribution in [0.15, 0.2) is 45.7 Å². The number of rotatable bonds is 1. The van der Waals surface area contributed by atoms with E-state index in [-0.39, 0.29) is 11.5 Å². The summed E-state index contributed by atoms with van der Waals surface area (Å²) in [7, 11) is 3.06. The van der Waals surface area contributed by atoms with E-state index < -0.39 is 5.69 Å². The van der Waals surface area contributed by atoms with E-state index >= 15 is 0 Å². The molecule has 2 heterocycles. The van der Waals surface area contributed by atoms with Gasteiger partial charge in [-0.2, -0.15) is 0 Å². The summed E-state index contributed by atoms with van der Waals surface area (Å²) in [6.45, 7) is 1.80. The van der Waals surface area contributed by atoms with E-state index in [9.17, 15) is 9.59 Å². The molecule has 0 saturated heterocycles. The molecule has 0 bridgehead atoms. The van der Waals surface area contributed by atoms with Crippen molar-refractivity contribution in [3.8, 4) is 5.88 Å². The van der Waals surface area contributed by atoms with E-state index in [1.807, 2.05) is 18.2 Å². The first-order valence-corrected chi connectivity index (χ1v) is 7.19. The summed E-state index contributed by atoms with van der Waals surface area (Å²) in [5, 5.41) is 0.630. The van der Waals surface area contributed by atoms with Gasteiger partial charge >= 0.3 is 5.69 Å². The van der Waals surface area contributed by atoms with Gasteiger partial charge in [-0.15, -0.1) is 0 Å². The number of ether oxygens (including phenoxy) is 1. The Morgan fingerprint density at radius 3 is 2.36 bits per heavy atom. The average Bonchev–Trinajstić information content (AvgIpc) is 2.50. The lowest BCUT2D eigenvalue weighted by Gasteiger charge is -2.25. The maximum Gasteiger partial charge on any atom is 0.333 e. The zero-order valence-electron chi connectivity index (χ0n) is 12.5. The van der Waals surface area contributed by atoms with Crippen LogP contribution in [0.2, 0.25) is 5.02 Å². The number of benzene rings is 1. The second-order valence-corrected chi connectivity index (χ2v) is 5.77. The van der Waals surface area contributed by atoms with Gasteiger partial charge in [-0.05, 0) is 30.7 Å². The maximum atomic E-state index is 12.6. The minimum atomic E-state index is -0.409. The third-order valence-corrected chi connectivity index (χ3v) is 4.10. The quantitative estimate of drug-likeness (QED) is 0.809. The van der Waals surface area contributed by atoms with E-state index in [0.717, 1.165) is 10.1 Å². The van der Waals surface area contributed by atoms with Gasteiger partial charge in [-0.3, -0.25) is 13.9 Å². The van der Waals surface area contributed by atoms with Gasteiger partial charge in [0.05, 0.1) is 11.3 Å². The number of fused-ring (bicyclic) bond motifs is 1. The first-order valence-electron chi connectivity index (χ1n) is 6.82. The Hall–Kier alpha value is -2.27. The highest BCUT2D eigenvalue weighted by Gasteiger charge is 2.29. The van der Waals surface area contributed by atoms with Gasteiger partial charge in [0.2, 0.25) is 5.88 Å². The molecule has 1 aliphatic rings. The van der Waals surface area contributed by atoms with Crippen LogP contribution < -0.4 is 16.0 Å². The Bertz CT molecular complexity index is 891. The summed E-state index contributed by atoms with van der Waals surface area (Å²) < 4.78 is 8.09. The zero-order chi connectivity index (χ0) is 16.0. The Morgan fingerprint density at radius 1 is 1.09 bits per heavy atom. The summed E-state index contributed by atoms with van der Waals surface area (Å²) in [5.74, 6) is 0.676. The fraction of sp³-hybridized carbons (Fsp3) is 0.250. The lowest BCUT2D eigenvalue weighted by atomic mass is 9.90. The van der Waals surface area contributed by atoms with Crippen LogP contribution in [0.4, 0.5) is 0 Å². The third kappa shape index (κ3) is 2.18. The highest BCUT2D eigenvalue weighted by atomic mass is 35.5. The molecule has 0 amide bonds. The van der Waals surface area contributed by atoms with Gasteiger partial charge in [-0.1, -0.05) is 23.7 Å². The largest absolute Gasteiger partial charge is 0.445 e. The molecule has 1 aliphatic heterocycles. The van der Waals surface area contributed by atoms with E-state index in [4.69, 9.17) is 16.3 Å².